The van der Waals surface area contributed by atoms with E-state index in [9.17, 15) is 9.18 Å². The van der Waals surface area contributed by atoms with E-state index >= 15 is 0 Å². The molecule has 3 N–H and O–H groups in total. The molecule has 104 valence electrons. The molecule has 5 heteroatoms. The molecule has 2 rings (SSSR count). The number of nitrogen functional groups attached to an aromatic ring is 1. The molecule has 0 aliphatic rings. The van der Waals surface area contributed by atoms with E-state index in [4.69, 9.17) is 5.73 Å². The highest BCUT2D eigenvalue weighted by atomic mass is 32.2. The molecule has 0 unspecified atom stereocenters. The van der Waals surface area contributed by atoms with Crippen molar-refractivity contribution in [1.82, 2.24) is 0 Å². The molecule has 0 aliphatic carbocycles. The van der Waals surface area contributed by atoms with Gasteiger partial charge in [0.2, 0.25) is 5.91 Å². The van der Waals surface area contributed by atoms with Crippen LogP contribution in [0.1, 0.15) is 5.56 Å². The van der Waals surface area contributed by atoms with Crippen molar-refractivity contribution < 1.29 is 9.18 Å². The first-order valence-corrected chi connectivity index (χ1v) is 7.27. The summed E-state index contributed by atoms with van der Waals surface area (Å²) < 4.78 is 13.1. The number of amides is 1. The molecule has 0 aromatic heterocycles. The van der Waals surface area contributed by atoms with Crippen LogP contribution >= 0.6 is 11.8 Å². The Balaban J connectivity index is 1.82. The molecule has 3 nitrogen and oxygen atoms in total. The molecule has 1 amide bonds. The molecule has 0 heterocycles. The molecule has 0 aliphatic heterocycles. The molecular formula is C15H15FN2OS. The van der Waals surface area contributed by atoms with Crippen LogP contribution in [0, 0.1) is 5.82 Å². The number of thioether (sulfide) groups is 1. The largest absolute Gasteiger partial charge is 0.397 e. The number of benzene rings is 2. The quantitative estimate of drug-likeness (QED) is 0.831. The standard InChI is InChI=1S/C15H15FN2OS/c16-12-6-7-13(17)14(8-12)18-15(19)10-20-9-11-4-2-1-3-5-11/h1-8H,9-10,17H2,(H,18,19). The van der Waals surface area contributed by atoms with Gasteiger partial charge in [0.25, 0.3) is 0 Å². The summed E-state index contributed by atoms with van der Waals surface area (Å²) in [6, 6.07) is 13.8. The second kappa shape index (κ2) is 6.96. The first-order chi connectivity index (χ1) is 9.65. The lowest BCUT2D eigenvalue weighted by molar-refractivity contribution is -0.113. The van der Waals surface area contributed by atoms with Crippen molar-refractivity contribution in [2.75, 3.05) is 16.8 Å². The van der Waals surface area contributed by atoms with Crippen molar-refractivity contribution in [3.63, 3.8) is 0 Å². The van der Waals surface area contributed by atoms with Gasteiger partial charge in [-0.2, -0.15) is 0 Å². The fraction of sp³-hybridized carbons (Fsp3) is 0.133. The van der Waals surface area contributed by atoms with Crippen LogP contribution in [0.5, 0.6) is 0 Å². The average molecular weight is 290 g/mol. The summed E-state index contributed by atoms with van der Waals surface area (Å²) in [5, 5.41) is 2.61. The summed E-state index contributed by atoms with van der Waals surface area (Å²) in [6.07, 6.45) is 0. The topological polar surface area (TPSA) is 55.1 Å². The van der Waals surface area contributed by atoms with Gasteiger partial charge in [0.1, 0.15) is 5.82 Å². The zero-order valence-electron chi connectivity index (χ0n) is 10.8. The van der Waals surface area contributed by atoms with Gasteiger partial charge in [-0.25, -0.2) is 4.39 Å². The molecule has 0 atom stereocenters. The highest BCUT2D eigenvalue weighted by Crippen LogP contribution is 2.20. The van der Waals surface area contributed by atoms with E-state index in [0.717, 1.165) is 11.3 Å². The molecule has 0 spiro atoms. The maximum absolute atomic E-state index is 13.1. The number of halogens is 1. The zero-order chi connectivity index (χ0) is 14.4. The first-order valence-electron chi connectivity index (χ1n) is 6.11. The lowest BCUT2D eigenvalue weighted by Gasteiger charge is -2.08. The fourth-order valence-corrected chi connectivity index (χ4v) is 2.45. The number of anilines is 2. The molecule has 0 bridgehead atoms. The monoisotopic (exact) mass is 290 g/mol. The molecule has 0 fully saturated rings. The van der Waals surface area contributed by atoms with E-state index in [-0.39, 0.29) is 5.91 Å². The number of nitrogens with two attached hydrogens (primary N) is 1. The second-order valence-corrected chi connectivity index (χ2v) is 5.24. The van der Waals surface area contributed by atoms with Crippen molar-refractivity contribution in [3.05, 3.63) is 59.9 Å². The molecule has 0 saturated carbocycles. The average Bonchev–Trinajstić information content (AvgIpc) is 2.44. The molecular weight excluding hydrogens is 275 g/mol. The minimum atomic E-state index is -0.425. The van der Waals surface area contributed by atoms with Gasteiger partial charge in [0.15, 0.2) is 0 Å². The Bertz CT molecular complexity index is 590. The van der Waals surface area contributed by atoms with Gasteiger partial charge in [-0.1, -0.05) is 30.3 Å². The number of hydrogen-bond acceptors (Lipinski definition) is 3. The van der Waals surface area contributed by atoms with E-state index in [1.54, 1.807) is 0 Å². The molecule has 2 aromatic carbocycles. The normalized spacial score (nSPS) is 10.2. The zero-order valence-corrected chi connectivity index (χ0v) is 11.6. The predicted octanol–water partition coefficient (Wildman–Crippen LogP) is 3.28. The Labute approximate surface area is 121 Å². The van der Waals surface area contributed by atoms with Crippen molar-refractivity contribution in [1.29, 1.82) is 0 Å². The van der Waals surface area contributed by atoms with Gasteiger partial charge in [-0.05, 0) is 23.8 Å². The molecule has 0 radical (unpaired) electrons. The van der Waals surface area contributed by atoms with Crippen molar-refractivity contribution >= 4 is 29.0 Å². The van der Waals surface area contributed by atoms with Crippen molar-refractivity contribution in [2.45, 2.75) is 5.75 Å². The lowest BCUT2D eigenvalue weighted by Crippen LogP contribution is -2.15. The van der Waals surface area contributed by atoms with E-state index in [1.165, 1.54) is 30.0 Å². The van der Waals surface area contributed by atoms with E-state index in [2.05, 4.69) is 5.32 Å². The number of nitrogens with one attached hydrogen (secondary N) is 1. The van der Waals surface area contributed by atoms with Gasteiger partial charge in [0.05, 0.1) is 17.1 Å². The number of rotatable bonds is 5. The van der Waals surface area contributed by atoms with Crippen LogP contribution in [0.4, 0.5) is 15.8 Å². The van der Waals surface area contributed by atoms with Crippen LogP contribution in [-0.4, -0.2) is 11.7 Å². The summed E-state index contributed by atoms with van der Waals surface area (Å²) in [5.74, 6) is 0.437. The highest BCUT2D eigenvalue weighted by molar-refractivity contribution is 7.99. The van der Waals surface area contributed by atoms with Crippen LogP contribution in [0.2, 0.25) is 0 Å². The Kier molecular flexibility index (Phi) is 5.01. The summed E-state index contributed by atoms with van der Waals surface area (Å²) in [4.78, 5) is 11.8. The Morgan fingerprint density at radius 3 is 2.70 bits per heavy atom. The third kappa shape index (κ3) is 4.28. The number of hydrogen-bond donors (Lipinski definition) is 2. The summed E-state index contributed by atoms with van der Waals surface area (Å²) in [6.45, 7) is 0. The van der Waals surface area contributed by atoms with Gasteiger partial charge >= 0.3 is 0 Å². The van der Waals surface area contributed by atoms with Crippen LogP contribution in [0.15, 0.2) is 48.5 Å². The third-order valence-corrected chi connectivity index (χ3v) is 3.64. The molecule has 2 aromatic rings. The Morgan fingerprint density at radius 1 is 1.20 bits per heavy atom. The Hall–Kier alpha value is -2.01. The summed E-state index contributed by atoms with van der Waals surface area (Å²) in [7, 11) is 0. The maximum Gasteiger partial charge on any atom is 0.234 e. The van der Waals surface area contributed by atoms with E-state index in [0.29, 0.717) is 17.1 Å². The fourth-order valence-electron chi connectivity index (χ4n) is 1.66. The van der Waals surface area contributed by atoms with Crippen molar-refractivity contribution in [2.24, 2.45) is 0 Å². The highest BCUT2D eigenvalue weighted by Gasteiger charge is 2.06. The van der Waals surface area contributed by atoms with Crippen LogP contribution in [-0.2, 0) is 10.5 Å². The SMILES string of the molecule is Nc1ccc(F)cc1NC(=O)CSCc1ccccc1. The molecule has 20 heavy (non-hydrogen) atoms. The van der Waals surface area contributed by atoms with Gasteiger partial charge < -0.3 is 11.1 Å². The van der Waals surface area contributed by atoms with Crippen LogP contribution < -0.4 is 11.1 Å². The maximum atomic E-state index is 13.1. The molecule has 0 saturated heterocycles. The number of carbonyl (C=O) groups excluding carboxylic acids is 1. The van der Waals surface area contributed by atoms with Gasteiger partial charge in [-0.3, -0.25) is 4.79 Å². The Morgan fingerprint density at radius 2 is 1.95 bits per heavy atom. The second-order valence-electron chi connectivity index (χ2n) is 4.26. The van der Waals surface area contributed by atoms with Crippen molar-refractivity contribution in [3.8, 4) is 0 Å². The van der Waals surface area contributed by atoms with Gasteiger partial charge in [-0.15, -0.1) is 11.8 Å². The van der Waals surface area contributed by atoms with E-state index < -0.39 is 5.82 Å². The van der Waals surface area contributed by atoms with E-state index in [1.807, 2.05) is 30.3 Å². The first kappa shape index (κ1) is 14.4. The van der Waals surface area contributed by atoms with Crippen LogP contribution in [0.3, 0.4) is 0 Å². The minimum Gasteiger partial charge on any atom is -0.397 e. The lowest BCUT2D eigenvalue weighted by atomic mass is 10.2. The number of carbonyl (C=O) groups is 1. The summed E-state index contributed by atoms with van der Waals surface area (Å²) >= 11 is 1.50. The summed E-state index contributed by atoms with van der Waals surface area (Å²) in [5.41, 5.74) is 7.50. The smallest absolute Gasteiger partial charge is 0.234 e. The minimum absolute atomic E-state index is 0.191. The van der Waals surface area contributed by atoms with Gasteiger partial charge in [0, 0.05) is 5.75 Å². The third-order valence-electron chi connectivity index (χ3n) is 2.63. The predicted molar refractivity (Wildman–Crippen MR) is 82.0 cm³/mol. The van der Waals surface area contributed by atoms with Crippen LogP contribution in [0.25, 0.3) is 0 Å².